The third-order valence-electron chi connectivity index (χ3n) is 5.77. The van der Waals surface area contributed by atoms with Crippen LogP contribution in [0.25, 0.3) is 0 Å². The highest BCUT2D eigenvalue weighted by Gasteiger charge is 2.30. The summed E-state index contributed by atoms with van der Waals surface area (Å²) in [5.41, 5.74) is 3.63. The number of benzene rings is 2. The van der Waals surface area contributed by atoms with Gasteiger partial charge in [0, 0.05) is 25.2 Å². The fourth-order valence-corrected chi connectivity index (χ4v) is 4.68. The molecule has 2 fully saturated rings. The number of imide groups is 1. The summed E-state index contributed by atoms with van der Waals surface area (Å²) in [5.74, 6) is -0.187. The smallest absolute Gasteiger partial charge is 0.289 e. The van der Waals surface area contributed by atoms with Crippen molar-refractivity contribution in [3.8, 4) is 0 Å². The van der Waals surface area contributed by atoms with Gasteiger partial charge in [0.15, 0.2) is 0 Å². The Morgan fingerprint density at radius 2 is 1.88 bits per heavy atom. The van der Waals surface area contributed by atoms with Gasteiger partial charge in [0.1, 0.15) is 0 Å². The van der Waals surface area contributed by atoms with E-state index in [2.05, 4.69) is 41.4 Å². The standard InChI is InChI=1S/C24H27N3O4S/c1-17-5-7-19(8-6-17)21(26-9-11-31-12-10-26)14-25-23(29)20-4-2-3-18(13-20)15-27-22(28)16-32-24(27)30/h2-8,13,21H,9-12,14-16H2,1H3,(H,25,29). The highest BCUT2D eigenvalue weighted by molar-refractivity contribution is 8.14. The van der Waals surface area contributed by atoms with E-state index in [0.717, 1.165) is 36.0 Å². The van der Waals surface area contributed by atoms with E-state index < -0.39 is 0 Å². The van der Waals surface area contributed by atoms with E-state index >= 15 is 0 Å². The van der Waals surface area contributed by atoms with Crippen molar-refractivity contribution in [3.05, 3.63) is 70.8 Å². The number of nitrogens with zero attached hydrogens (tertiary/aromatic N) is 2. The van der Waals surface area contributed by atoms with E-state index in [1.54, 1.807) is 18.2 Å². The number of ether oxygens (including phenoxy) is 1. The van der Waals surface area contributed by atoms with E-state index in [1.807, 2.05) is 6.07 Å². The van der Waals surface area contributed by atoms with Crippen LogP contribution in [0.5, 0.6) is 0 Å². The van der Waals surface area contributed by atoms with Crippen LogP contribution < -0.4 is 5.32 Å². The molecule has 1 N–H and O–H groups in total. The molecular weight excluding hydrogens is 426 g/mol. The molecule has 0 spiro atoms. The van der Waals surface area contributed by atoms with Gasteiger partial charge in [0.2, 0.25) is 5.91 Å². The molecule has 4 rings (SSSR count). The summed E-state index contributed by atoms with van der Waals surface area (Å²) in [6.45, 7) is 5.73. The van der Waals surface area contributed by atoms with Gasteiger partial charge in [-0.25, -0.2) is 0 Å². The first kappa shape index (κ1) is 22.5. The van der Waals surface area contributed by atoms with Crippen molar-refractivity contribution in [1.29, 1.82) is 0 Å². The van der Waals surface area contributed by atoms with Crippen LogP contribution in [-0.4, -0.2) is 65.5 Å². The Kier molecular flexibility index (Phi) is 7.24. The van der Waals surface area contributed by atoms with Crippen LogP contribution in [0.2, 0.25) is 0 Å². The molecule has 3 amide bonds. The third kappa shape index (κ3) is 5.38. The minimum Gasteiger partial charge on any atom is -0.379 e. The van der Waals surface area contributed by atoms with Crippen LogP contribution in [0.4, 0.5) is 4.79 Å². The first-order valence-corrected chi connectivity index (χ1v) is 11.7. The number of hydrogen-bond acceptors (Lipinski definition) is 6. The lowest BCUT2D eigenvalue weighted by molar-refractivity contribution is -0.125. The summed E-state index contributed by atoms with van der Waals surface area (Å²) in [4.78, 5) is 40.2. The van der Waals surface area contributed by atoms with Crippen molar-refractivity contribution in [2.75, 3.05) is 38.6 Å². The normalized spacial score (nSPS) is 18.1. The molecular formula is C24H27N3O4S. The van der Waals surface area contributed by atoms with Crippen LogP contribution in [0.1, 0.15) is 33.1 Å². The van der Waals surface area contributed by atoms with Crippen LogP contribution in [-0.2, 0) is 16.1 Å². The molecule has 0 saturated carbocycles. The Bertz CT molecular complexity index is 973. The summed E-state index contributed by atoms with van der Waals surface area (Å²) in [7, 11) is 0. The highest BCUT2D eigenvalue weighted by Crippen LogP contribution is 2.23. The van der Waals surface area contributed by atoms with E-state index in [9.17, 15) is 14.4 Å². The number of aryl methyl sites for hydroxylation is 1. The minimum atomic E-state index is -0.240. The molecule has 32 heavy (non-hydrogen) atoms. The van der Waals surface area contributed by atoms with Gasteiger partial charge in [-0.2, -0.15) is 0 Å². The molecule has 2 saturated heterocycles. The minimum absolute atomic E-state index is 0.0588. The predicted octanol–water partition coefficient (Wildman–Crippen LogP) is 2.99. The van der Waals surface area contributed by atoms with Gasteiger partial charge in [-0.15, -0.1) is 0 Å². The second-order valence-corrected chi connectivity index (χ2v) is 8.95. The lowest BCUT2D eigenvalue weighted by atomic mass is 10.0. The Morgan fingerprint density at radius 3 is 2.56 bits per heavy atom. The Morgan fingerprint density at radius 1 is 1.12 bits per heavy atom. The predicted molar refractivity (Wildman–Crippen MR) is 123 cm³/mol. The largest absolute Gasteiger partial charge is 0.379 e. The maximum Gasteiger partial charge on any atom is 0.289 e. The Labute approximate surface area is 192 Å². The summed E-state index contributed by atoms with van der Waals surface area (Å²) >= 11 is 1.01. The molecule has 1 unspecified atom stereocenters. The first-order chi connectivity index (χ1) is 15.5. The molecule has 168 valence electrons. The van der Waals surface area contributed by atoms with Gasteiger partial charge in [0.05, 0.1) is 31.6 Å². The third-order valence-corrected chi connectivity index (χ3v) is 6.63. The van der Waals surface area contributed by atoms with Gasteiger partial charge in [-0.1, -0.05) is 53.7 Å². The van der Waals surface area contributed by atoms with Gasteiger partial charge in [-0.3, -0.25) is 24.2 Å². The lowest BCUT2D eigenvalue weighted by Crippen LogP contribution is -2.43. The molecule has 0 aromatic heterocycles. The van der Waals surface area contributed by atoms with Crippen molar-refractivity contribution in [3.63, 3.8) is 0 Å². The SMILES string of the molecule is Cc1ccc(C(CNC(=O)c2cccc(CN3C(=O)CSC3=O)c2)N2CCOCC2)cc1. The molecule has 2 aliphatic rings. The molecule has 0 aliphatic carbocycles. The lowest BCUT2D eigenvalue weighted by Gasteiger charge is -2.35. The van der Waals surface area contributed by atoms with Gasteiger partial charge in [-0.05, 0) is 30.2 Å². The van der Waals surface area contributed by atoms with Gasteiger partial charge in [0.25, 0.3) is 11.1 Å². The van der Waals surface area contributed by atoms with Crippen molar-refractivity contribution in [2.24, 2.45) is 0 Å². The molecule has 0 radical (unpaired) electrons. The molecule has 0 bridgehead atoms. The number of morpholine rings is 1. The van der Waals surface area contributed by atoms with E-state index in [-0.39, 0.29) is 35.4 Å². The molecule has 8 heteroatoms. The van der Waals surface area contributed by atoms with Crippen molar-refractivity contribution < 1.29 is 19.1 Å². The quantitative estimate of drug-likeness (QED) is 0.694. The summed E-state index contributed by atoms with van der Waals surface area (Å²) in [6, 6.07) is 15.6. The maximum atomic E-state index is 12.9. The molecule has 2 heterocycles. The molecule has 2 aliphatic heterocycles. The van der Waals surface area contributed by atoms with E-state index in [4.69, 9.17) is 4.74 Å². The second kappa shape index (κ2) is 10.3. The zero-order valence-electron chi connectivity index (χ0n) is 18.1. The fourth-order valence-electron chi connectivity index (χ4n) is 3.95. The van der Waals surface area contributed by atoms with Gasteiger partial charge < -0.3 is 10.1 Å². The van der Waals surface area contributed by atoms with Crippen LogP contribution >= 0.6 is 11.8 Å². The number of amides is 3. The van der Waals surface area contributed by atoms with E-state index in [1.165, 1.54) is 10.5 Å². The molecule has 7 nitrogen and oxygen atoms in total. The van der Waals surface area contributed by atoms with Crippen molar-refractivity contribution in [2.45, 2.75) is 19.5 Å². The summed E-state index contributed by atoms with van der Waals surface area (Å²) < 4.78 is 5.50. The Hall–Kier alpha value is -2.68. The average Bonchev–Trinajstić information content (AvgIpc) is 3.13. The van der Waals surface area contributed by atoms with Crippen molar-refractivity contribution in [1.82, 2.24) is 15.1 Å². The first-order valence-electron chi connectivity index (χ1n) is 10.7. The number of thioether (sulfide) groups is 1. The van der Waals surface area contributed by atoms with Crippen LogP contribution in [0, 0.1) is 6.92 Å². The molecule has 2 aromatic carbocycles. The zero-order valence-corrected chi connectivity index (χ0v) is 18.9. The zero-order chi connectivity index (χ0) is 22.5. The average molecular weight is 454 g/mol. The maximum absolute atomic E-state index is 12.9. The molecule has 2 aromatic rings. The van der Waals surface area contributed by atoms with Gasteiger partial charge >= 0.3 is 0 Å². The number of hydrogen-bond donors (Lipinski definition) is 1. The topological polar surface area (TPSA) is 79.0 Å². The monoisotopic (exact) mass is 453 g/mol. The number of nitrogens with one attached hydrogen (secondary N) is 1. The summed E-state index contributed by atoms with van der Waals surface area (Å²) in [5, 5.41) is 2.84. The summed E-state index contributed by atoms with van der Waals surface area (Å²) in [6.07, 6.45) is 0. The van der Waals surface area contributed by atoms with E-state index in [0.29, 0.717) is 25.3 Å². The molecule has 1 atom stereocenters. The number of carbonyl (C=O) groups is 3. The fraction of sp³-hybridized carbons (Fsp3) is 0.375. The van der Waals surface area contributed by atoms with Crippen LogP contribution in [0.3, 0.4) is 0 Å². The Balaban J connectivity index is 1.44. The van der Waals surface area contributed by atoms with Crippen molar-refractivity contribution >= 4 is 28.8 Å². The number of rotatable bonds is 7. The number of carbonyl (C=O) groups excluding carboxylic acids is 3. The highest BCUT2D eigenvalue weighted by atomic mass is 32.2. The van der Waals surface area contributed by atoms with Crippen LogP contribution in [0.15, 0.2) is 48.5 Å². The second-order valence-electron chi connectivity index (χ2n) is 8.02.